The third-order valence-electron chi connectivity index (χ3n) is 5.11. The van der Waals surface area contributed by atoms with Crippen LogP contribution in [0.1, 0.15) is 31.2 Å². The zero-order valence-electron chi connectivity index (χ0n) is 13.6. The smallest absolute Gasteiger partial charge is 0.230 e. The lowest BCUT2D eigenvalue weighted by atomic mass is 9.70. The second kappa shape index (κ2) is 6.73. The van der Waals surface area contributed by atoms with E-state index >= 15 is 0 Å². The molecule has 2 saturated heterocycles. The first-order valence-corrected chi connectivity index (χ1v) is 8.27. The molecule has 0 unspecified atom stereocenters. The van der Waals surface area contributed by atoms with Gasteiger partial charge in [0.25, 0.3) is 0 Å². The van der Waals surface area contributed by atoms with E-state index in [2.05, 4.69) is 17.0 Å². The first-order valence-electron chi connectivity index (χ1n) is 8.27. The predicted octanol–water partition coefficient (Wildman–Crippen LogP) is 0.168. The number of likely N-dealkylation sites (tertiary alicyclic amines) is 2. The Labute approximate surface area is 141 Å². The summed E-state index contributed by atoms with van der Waals surface area (Å²) in [5.74, 6) is -2.16. The summed E-state index contributed by atoms with van der Waals surface area (Å²) in [5, 5.41) is 10.7. The molecule has 0 N–H and O–H groups in total. The highest BCUT2D eigenvalue weighted by Crippen LogP contribution is 2.42. The van der Waals surface area contributed by atoms with E-state index in [9.17, 15) is 19.5 Å². The monoisotopic (exact) mass is 329 g/mol. The van der Waals surface area contributed by atoms with E-state index in [1.165, 1.54) is 5.56 Å². The van der Waals surface area contributed by atoms with Gasteiger partial charge in [-0.3, -0.25) is 19.4 Å². The van der Waals surface area contributed by atoms with Crippen molar-refractivity contribution in [3.8, 4) is 0 Å². The van der Waals surface area contributed by atoms with Crippen LogP contribution in [0.2, 0.25) is 0 Å². The molecule has 0 bridgehead atoms. The Balaban J connectivity index is 1.59. The minimum absolute atomic E-state index is 0.255. The fraction of sp³-hybridized carbons (Fsp3) is 0.500. The Morgan fingerprint density at radius 2 is 1.62 bits per heavy atom. The third-order valence-corrected chi connectivity index (χ3v) is 5.11. The van der Waals surface area contributed by atoms with Gasteiger partial charge in [0.1, 0.15) is 0 Å². The number of amides is 2. The normalized spacial score (nSPS) is 21.2. The van der Waals surface area contributed by atoms with Crippen molar-refractivity contribution in [2.75, 3.05) is 19.6 Å². The predicted molar refractivity (Wildman–Crippen MR) is 84.3 cm³/mol. The summed E-state index contributed by atoms with van der Waals surface area (Å²) in [4.78, 5) is 38.2. The average molecular weight is 329 g/mol. The maximum absolute atomic E-state index is 12.2. The molecular formula is C18H21N2O4-. The molecule has 6 nitrogen and oxygen atoms in total. The quantitative estimate of drug-likeness (QED) is 0.736. The molecule has 0 aromatic heterocycles. The largest absolute Gasteiger partial charge is 0.548 e. The van der Waals surface area contributed by atoms with Crippen LogP contribution in [-0.4, -0.2) is 47.2 Å². The van der Waals surface area contributed by atoms with Crippen LogP contribution in [0.15, 0.2) is 30.3 Å². The molecule has 6 heteroatoms. The number of hydrogen-bond acceptors (Lipinski definition) is 5. The Bertz CT molecular complexity index is 616. The first kappa shape index (κ1) is 16.6. The number of piperidine rings is 2. The highest BCUT2D eigenvalue weighted by atomic mass is 16.4. The number of carbonyl (C=O) groups is 3. The minimum Gasteiger partial charge on any atom is -0.548 e. The van der Waals surface area contributed by atoms with Crippen molar-refractivity contribution in [3.05, 3.63) is 35.9 Å². The fourth-order valence-electron chi connectivity index (χ4n) is 3.72. The van der Waals surface area contributed by atoms with E-state index in [0.717, 1.165) is 37.4 Å². The fourth-order valence-corrected chi connectivity index (χ4v) is 3.72. The summed E-state index contributed by atoms with van der Waals surface area (Å²) in [5.41, 5.74) is 0.952. The van der Waals surface area contributed by atoms with Gasteiger partial charge in [-0.25, -0.2) is 0 Å². The van der Waals surface area contributed by atoms with E-state index in [1.807, 2.05) is 18.2 Å². The molecular weight excluding hydrogens is 308 g/mol. The molecule has 0 aliphatic carbocycles. The van der Waals surface area contributed by atoms with E-state index in [1.54, 1.807) is 0 Å². The summed E-state index contributed by atoms with van der Waals surface area (Å²) in [7, 11) is 0. The van der Waals surface area contributed by atoms with E-state index in [4.69, 9.17) is 0 Å². The summed E-state index contributed by atoms with van der Waals surface area (Å²) in [6.45, 7) is 1.93. The van der Waals surface area contributed by atoms with Crippen LogP contribution >= 0.6 is 0 Å². The van der Waals surface area contributed by atoms with Crippen LogP contribution in [0.4, 0.5) is 0 Å². The van der Waals surface area contributed by atoms with Gasteiger partial charge in [0.15, 0.2) is 0 Å². The lowest BCUT2D eigenvalue weighted by molar-refractivity contribution is -0.306. The highest BCUT2D eigenvalue weighted by molar-refractivity contribution is 6.00. The van der Waals surface area contributed by atoms with Gasteiger partial charge >= 0.3 is 0 Å². The van der Waals surface area contributed by atoms with Crippen LogP contribution in [0, 0.1) is 5.41 Å². The van der Waals surface area contributed by atoms with E-state index in [-0.39, 0.29) is 30.1 Å². The van der Waals surface area contributed by atoms with Crippen LogP contribution in [0.5, 0.6) is 0 Å². The minimum atomic E-state index is -1.40. The van der Waals surface area contributed by atoms with Crippen molar-refractivity contribution in [1.29, 1.82) is 0 Å². The number of nitrogens with zero attached hydrogens (tertiary/aromatic N) is 2. The molecule has 128 valence electrons. The van der Waals surface area contributed by atoms with Gasteiger partial charge < -0.3 is 9.90 Å². The Hall–Kier alpha value is -2.21. The molecule has 2 fully saturated rings. The SMILES string of the molecule is O=C([O-])CN1C(=O)CC2(CCN(Cc3ccccc3)CC2)CC1=O. The number of benzene rings is 1. The Kier molecular flexibility index (Phi) is 4.66. The van der Waals surface area contributed by atoms with Crippen molar-refractivity contribution in [2.24, 2.45) is 5.41 Å². The summed E-state index contributed by atoms with van der Waals surface area (Å²) < 4.78 is 0. The van der Waals surface area contributed by atoms with Crippen molar-refractivity contribution >= 4 is 17.8 Å². The Morgan fingerprint density at radius 3 is 2.17 bits per heavy atom. The molecule has 2 heterocycles. The van der Waals surface area contributed by atoms with Gasteiger partial charge in [-0.15, -0.1) is 0 Å². The molecule has 0 saturated carbocycles. The topological polar surface area (TPSA) is 80.8 Å². The molecule has 1 spiro atoms. The maximum Gasteiger partial charge on any atom is 0.230 e. The molecule has 2 aliphatic heterocycles. The number of rotatable bonds is 4. The summed E-state index contributed by atoms with van der Waals surface area (Å²) >= 11 is 0. The molecule has 0 atom stereocenters. The lowest BCUT2D eigenvalue weighted by Gasteiger charge is -2.45. The standard InChI is InChI=1S/C18H22N2O4/c21-15-10-18(11-16(22)20(15)13-17(23)24)6-8-19(9-7-18)12-14-4-2-1-3-5-14/h1-5H,6-13H2,(H,23,24)/p-1. The third kappa shape index (κ3) is 3.64. The maximum atomic E-state index is 12.2. The molecule has 24 heavy (non-hydrogen) atoms. The van der Waals surface area contributed by atoms with Crippen LogP contribution in [-0.2, 0) is 20.9 Å². The Morgan fingerprint density at radius 1 is 1.04 bits per heavy atom. The number of imide groups is 1. The number of aliphatic carboxylic acids is 1. The number of carboxylic acids is 1. The van der Waals surface area contributed by atoms with E-state index in [0.29, 0.717) is 0 Å². The van der Waals surface area contributed by atoms with Crippen molar-refractivity contribution < 1.29 is 19.5 Å². The second-order valence-electron chi connectivity index (χ2n) is 6.86. The van der Waals surface area contributed by atoms with Crippen molar-refractivity contribution in [2.45, 2.75) is 32.2 Å². The molecule has 0 radical (unpaired) electrons. The van der Waals surface area contributed by atoms with Gasteiger partial charge in [-0.05, 0) is 36.9 Å². The number of carbonyl (C=O) groups excluding carboxylic acids is 3. The number of carboxylic acid groups (broad SMARTS) is 1. The molecule has 1 aromatic carbocycles. The van der Waals surface area contributed by atoms with Gasteiger partial charge in [-0.1, -0.05) is 30.3 Å². The summed E-state index contributed by atoms with van der Waals surface area (Å²) in [6.07, 6.45) is 2.09. The van der Waals surface area contributed by atoms with Crippen LogP contribution in [0.3, 0.4) is 0 Å². The van der Waals surface area contributed by atoms with Crippen LogP contribution in [0.25, 0.3) is 0 Å². The van der Waals surface area contributed by atoms with Gasteiger partial charge in [0.05, 0.1) is 12.5 Å². The first-order chi connectivity index (χ1) is 11.5. The molecule has 1 aromatic rings. The molecule has 2 amide bonds. The van der Waals surface area contributed by atoms with Gasteiger partial charge in [0.2, 0.25) is 11.8 Å². The lowest BCUT2D eigenvalue weighted by Crippen LogP contribution is -2.54. The second-order valence-corrected chi connectivity index (χ2v) is 6.86. The molecule has 3 rings (SSSR count). The zero-order valence-corrected chi connectivity index (χ0v) is 13.6. The van der Waals surface area contributed by atoms with Crippen LogP contribution < -0.4 is 5.11 Å². The highest BCUT2D eigenvalue weighted by Gasteiger charge is 2.45. The zero-order chi connectivity index (χ0) is 17.2. The van der Waals surface area contributed by atoms with Gasteiger partial charge in [0, 0.05) is 19.4 Å². The van der Waals surface area contributed by atoms with E-state index < -0.39 is 12.5 Å². The number of hydrogen-bond donors (Lipinski definition) is 0. The van der Waals surface area contributed by atoms with Crippen molar-refractivity contribution in [1.82, 2.24) is 9.80 Å². The average Bonchev–Trinajstić information content (AvgIpc) is 2.54. The van der Waals surface area contributed by atoms with Crippen molar-refractivity contribution in [3.63, 3.8) is 0 Å². The molecule has 2 aliphatic rings. The van der Waals surface area contributed by atoms with Gasteiger partial charge in [-0.2, -0.15) is 0 Å². The summed E-state index contributed by atoms with van der Waals surface area (Å²) in [6, 6.07) is 10.2.